The lowest BCUT2D eigenvalue weighted by atomic mass is 10.2. The lowest BCUT2D eigenvalue weighted by Crippen LogP contribution is -2.07. The monoisotopic (exact) mass is 253 g/mol. The molecule has 0 radical (unpaired) electrons. The van der Waals surface area contributed by atoms with Crippen molar-refractivity contribution < 1.29 is 14.7 Å². The van der Waals surface area contributed by atoms with Crippen molar-refractivity contribution in [3.8, 4) is 0 Å². The van der Waals surface area contributed by atoms with Crippen LogP contribution < -0.4 is 5.32 Å². The van der Waals surface area contributed by atoms with E-state index in [1.54, 1.807) is 11.8 Å². The highest BCUT2D eigenvalue weighted by molar-refractivity contribution is 7.98. The lowest BCUT2D eigenvalue weighted by molar-refractivity contribution is -0.136. The summed E-state index contributed by atoms with van der Waals surface area (Å²) in [6.45, 7) is 1.47. The van der Waals surface area contributed by atoms with Crippen molar-refractivity contribution in [2.24, 2.45) is 0 Å². The zero-order valence-electron chi connectivity index (χ0n) is 9.60. The van der Waals surface area contributed by atoms with Crippen LogP contribution in [-0.2, 0) is 15.3 Å². The normalized spacial score (nSPS) is 9.94. The average Bonchev–Trinajstić information content (AvgIpc) is 2.25. The quantitative estimate of drug-likeness (QED) is 0.764. The van der Waals surface area contributed by atoms with Crippen molar-refractivity contribution in [2.45, 2.75) is 19.1 Å². The first-order valence-corrected chi connectivity index (χ1v) is 6.40. The topological polar surface area (TPSA) is 66.4 Å². The molecule has 0 atom stereocenters. The molecule has 1 aromatic rings. The standard InChI is InChI=1S/C12H15NO3S/c1-9(14)13-11-5-3-2-4-10(11)8-17-7-6-12(15)16/h2-5H,6-8H2,1H3,(H,13,14)(H,15,16). The number of carboxylic acids is 1. The first-order valence-electron chi connectivity index (χ1n) is 5.24. The second-order valence-corrected chi connectivity index (χ2v) is 4.64. The van der Waals surface area contributed by atoms with E-state index < -0.39 is 5.97 Å². The van der Waals surface area contributed by atoms with E-state index >= 15 is 0 Å². The summed E-state index contributed by atoms with van der Waals surface area (Å²) in [5.41, 5.74) is 1.81. The Kier molecular flexibility index (Phi) is 5.56. The van der Waals surface area contributed by atoms with E-state index in [0.29, 0.717) is 11.5 Å². The molecule has 0 heterocycles. The SMILES string of the molecule is CC(=O)Nc1ccccc1CSCCC(=O)O. The van der Waals surface area contributed by atoms with Crippen molar-refractivity contribution >= 4 is 29.3 Å². The molecule has 0 aromatic heterocycles. The van der Waals surface area contributed by atoms with Crippen LogP contribution in [0.15, 0.2) is 24.3 Å². The molecule has 0 saturated carbocycles. The molecule has 0 spiro atoms. The third-order valence-electron chi connectivity index (χ3n) is 2.05. The summed E-state index contributed by atoms with van der Waals surface area (Å²) in [6, 6.07) is 7.53. The smallest absolute Gasteiger partial charge is 0.304 e. The lowest BCUT2D eigenvalue weighted by Gasteiger charge is -2.08. The highest BCUT2D eigenvalue weighted by atomic mass is 32.2. The Morgan fingerprint density at radius 3 is 2.71 bits per heavy atom. The maximum Gasteiger partial charge on any atom is 0.304 e. The number of benzene rings is 1. The van der Waals surface area contributed by atoms with E-state index in [4.69, 9.17) is 5.11 Å². The number of amides is 1. The van der Waals surface area contributed by atoms with Crippen LogP contribution >= 0.6 is 11.8 Å². The Morgan fingerprint density at radius 2 is 2.06 bits per heavy atom. The van der Waals surface area contributed by atoms with Gasteiger partial charge in [0.05, 0.1) is 6.42 Å². The number of hydrogen-bond donors (Lipinski definition) is 2. The van der Waals surface area contributed by atoms with Crippen LogP contribution in [0.4, 0.5) is 5.69 Å². The first-order chi connectivity index (χ1) is 8.09. The van der Waals surface area contributed by atoms with Gasteiger partial charge >= 0.3 is 5.97 Å². The molecule has 0 saturated heterocycles. The Labute approximate surface area is 104 Å². The molecule has 1 amide bonds. The van der Waals surface area contributed by atoms with Crippen LogP contribution in [0.3, 0.4) is 0 Å². The Balaban J connectivity index is 2.51. The molecule has 92 valence electrons. The van der Waals surface area contributed by atoms with Crippen LogP contribution in [0.5, 0.6) is 0 Å². The fourth-order valence-electron chi connectivity index (χ4n) is 1.30. The van der Waals surface area contributed by atoms with Gasteiger partial charge in [0.25, 0.3) is 0 Å². The molecule has 0 fully saturated rings. The number of carbonyl (C=O) groups excluding carboxylic acids is 1. The van der Waals surface area contributed by atoms with E-state index in [9.17, 15) is 9.59 Å². The van der Waals surface area contributed by atoms with E-state index in [1.807, 2.05) is 24.3 Å². The number of thioether (sulfide) groups is 1. The fourth-order valence-corrected chi connectivity index (χ4v) is 2.23. The van der Waals surface area contributed by atoms with Crippen LogP contribution in [-0.4, -0.2) is 22.7 Å². The number of carbonyl (C=O) groups is 2. The highest BCUT2D eigenvalue weighted by Crippen LogP contribution is 2.21. The molecular weight excluding hydrogens is 238 g/mol. The minimum absolute atomic E-state index is 0.104. The first kappa shape index (κ1) is 13.6. The van der Waals surface area contributed by atoms with Gasteiger partial charge in [-0.25, -0.2) is 0 Å². The predicted octanol–water partition coefficient (Wildman–Crippen LogP) is 2.35. The van der Waals surface area contributed by atoms with Gasteiger partial charge in [-0.05, 0) is 11.6 Å². The molecule has 1 rings (SSSR count). The number of carboxylic acid groups (broad SMARTS) is 1. The van der Waals surface area contributed by atoms with Crippen molar-refractivity contribution in [3.05, 3.63) is 29.8 Å². The van der Waals surface area contributed by atoms with E-state index in [1.165, 1.54) is 6.92 Å². The Morgan fingerprint density at radius 1 is 1.35 bits per heavy atom. The summed E-state index contributed by atoms with van der Waals surface area (Å²) in [6.07, 6.45) is 0.160. The average molecular weight is 253 g/mol. The number of nitrogens with one attached hydrogen (secondary N) is 1. The molecule has 4 nitrogen and oxygen atoms in total. The Hall–Kier alpha value is -1.49. The van der Waals surface area contributed by atoms with Crippen LogP contribution in [0.2, 0.25) is 0 Å². The van der Waals surface area contributed by atoms with Gasteiger partial charge in [0.2, 0.25) is 5.91 Å². The van der Waals surface area contributed by atoms with Gasteiger partial charge in [0.1, 0.15) is 0 Å². The van der Waals surface area contributed by atoms with E-state index in [0.717, 1.165) is 11.3 Å². The second-order valence-electron chi connectivity index (χ2n) is 3.53. The summed E-state index contributed by atoms with van der Waals surface area (Å²) < 4.78 is 0. The fraction of sp³-hybridized carbons (Fsp3) is 0.333. The molecule has 2 N–H and O–H groups in total. The zero-order valence-corrected chi connectivity index (χ0v) is 10.4. The molecule has 0 aliphatic heterocycles. The van der Waals surface area contributed by atoms with Crippen molar-refractivity contribution in [2.75, 3.05) is 11.1 Å². The molecule has 0 unspecified atom stereocenters. The largest absolute Gasteiger partial charge is 0.481 e. The third-order valence-corrected chi connectivity index (χ3v) is 3.05. The van der Waals surface area contributed by atoms with Crippen molar-refractivity contribution in [1.82, 2.24) is 0 Å². The van der Waals surface area contributed by atoms with Crippen LogP contribution in [0, 0.1) is 0 Å². The maximum absolute atomic E-state index is 11.0. The Bertz CT molecular complexity index is 406. The molecule has 0 bridgehead atoms. The minimum atomic E-state index is -0.785. The van der Waals surface area contributed by atoms with Gasteiger partial charge in [-0.15, -0.1) is 0 Å². The van der Waals surface area contributed by atoms with Gasteiger partial charge in [-0.2, -0.15) is 11.8 Å². The third kappa shape index (κ3) is 5.40. The zero-order chi connectivity index (χ0) is 12.7. The molecule has 5 heteroatoms. The number of rotatable bonds is 6. The predicted molar refractivity (Wildman–Crippen MR) is 69.2 cm³/mol. The van der Waals surface area contributed by atoms with Gasteiger partial charge in [-0.1, -0.05) is 18.2 Å². The number of anilines is 1. The van der Waals surface area contributed by atoms with E-state index in [-0.39, 0.29) is 12.3 Å². The van der Waals surface area contributed by atoms with Gasteiger partial charge in [0, 0.05) is 24.1 Å². The number of hydrogen-bond acceptors (Lipinski definition) is 3. The van der Waals surface area contributed by atoms with Crippen LogP contribution in [0.1, 0.15) is 18.9 Å². The summed E-state index contributed by atoms with van der Waals surface area (Å²) >= 11 is 1.54. The summed E-state index contributed by atoms with van der Waals surface area (Å²) in [7, 11) is 0. The molecule has 0 aliphatic rings. The van der Waals surface area contributed by atoms with Gasteiger partial charge < -0.3 is 10.4 Å². The van der Waals surface area contributed by atoms with Gasteiger partial charge in [-0.3, -0.25) is 9.59 Å². The molecule has 1 aromatic carbocycles. The molecular formula is C12H15NO3S. The summed E-state index contributed by atoms with van der Waals surface area (Å²) in [5, 5.41) is 11.3. The highest BCUT2D eigenvalue weighted by Gasteiger charge is 2.04. The molecule has 0 aliphatic carbocycles. The van der Waals surface area contributed by atoms with Crippen LogP contribution in [0.25, 0.3) is 0 Å². The maximum atomic E-state index is 11.0. The minimum Gasteiger partial charge on any atom is -0.481 e. The second kappa shape index (κ2) is 6.96. The van der Waals surface area contributed by atoms with E-state index in [2.05, 4.69) is 5.32 Å². The van der Waals surface area contributed by atoms with Gasteiger partial charge in [0.15, 0.2) is 0 Å². The van der Waals surface area contributed by atoms with Crippen molar-refractivity contribution in [3.63, 3.8) is 0 Å². The molecule has 17 heavy (non-hydrogen) atoms. The summed E-state index contributed by atoms with van der Waals surface area (Å²) in [5.74, 6) is 0.383. The number of para-hydroxylation sites is 1. The van der Waals surface area contributed by atoms with Crippen molar-refractivity contribution in [1.29, 1.82) is 0 Å². The number of aliphatic carboxylic acids is 1. The summed E-state index contributed by atoms with van der Waals surface area (Å²) in [4.78, 5) is 21.3.